The SMILES string of the molecule is COc1cccc(CNC(=O)c2ccc(OCc3ccccc3)cc2)c1. The molecule has 1 N–H and O–H groups in total. The van der Waals surface area contributed by atoms with Crippen LogP contribution in [0.3, 0.4) is 0 Å². The Morgan fingerprint density at radius 1 is 0.846 bits per heavy atom. The number of hydrogen-bond acceptors (Lipinski definition) is 3. The first-order chi connectivity index (χ1) is 12.7. The monoisotopic (exact) mass is 347 g/mol. The molecule has 0 bridgehead atoms. The van der Waals surface area contributed by atoms with E-state index in [2.05, 4.69) is 5.32 Å². The zero-order valence-corrected chi connectivity index (χ0v) is 14.6. The summed E-state index contributed by atoms with van der Waals surface area (Å²) in [6, 6.07) is 24.7. The van der Waals surface area contributed by atoms with Crippen molar-refractivity contribution in [2.24, 2.45) is 0 Å². The van der Waals surface area contributed by atoms with Gasteiger partial charge in [-0.25, -0.2) is 0 Å². The topological polar surface area (TPSA) is 47.6 Å². The van der Waals surface area contributed by atoms with E-state index in [1.54, 1.807) is 19.2 Å². The number of ether oxygens (including phenoxy) is 2. The van der Waals surface area contributed by atoms with Crippen LogP contribution in [-0.2, 0) is 13.2 Å². The van der Waals surface area contributed by atoms with Crippen LogP contribution in [0.1, 0.15) is 21.5 Å². The van der Waals surface area contributed by atoms with Crippen molar-refractivity contribution in [2.75, 3.05) is 7.11 Å². The minimum absolute atomic E-state index is 0.123. The fourth-order valence-electron chi connectivity index (χ4n) is 2.51. The second-order valence-electron chi connectivity index (χ2n) is 5.83. The number of carbonyl (C=O) groups is 1. The predicted molar refractivity (Wildman–Crippen MR) is 101 cm³/mol. The first kappa shape index (κ1) is 17.5. The second-order valence-corrected chi connectivity index (χ2v) is 5.83. The third kappa shape index (κ3) is 4.86. The lowest BCUT2D eigenvalue weighted by atomic mass is 10.2. The van der Waals surface area contributed by atoms with Gasteiger partial charge in [0.2, 0.25) is 0 Å². The molecule has 0 radical (unpaired) electrons. The van der Waals surface area contributed by atoms with Crippen LogP contribution < -0.4 is 14.8 Å². The van der Waals surface area contributed by atoms with E-state index in [1.807, 2.05) is 66.7 Å². The molecule has 3 aromatic carbocycles. The Kier molecular flexibility index (Phi) is 5.88. The van der Waals surface area contributed by atoms with E-state index < -0.39 is 0 Å². The van der Waals surface area contributed by atoms with E-state index in [4.69, 9.17) is 9.47 Å². The summed E-state index contributed by atoms with van der Waals surface area (Å²) >= 11 is 0. The van der Waals surface area contributed by atoms with Crippen molar-refractivity contribution in [3.05, 3.63) is 95.6 Å². The van der Waals surface area contributed by atoms with Gasteiger partial charge < -0.3 is 14.8 Å². The van der Waals surface area contributed by atoms with Gasteiger partial charge in [-0.15, -0.1) is 0 Å². The molecular weight excluding hydrogens is 326 g/mol. The summed E-state index contributed by atoms with van der Waals surface area (Å²) in [6.45, 7) is 0.949. The molecule has 132 valence electrons. The molecule has 26 heavy (non-hydrogen) atoms. The lowest BCUT2D eigenvalue weighted by molar-refractivity contribution is 0.0951. The number of nitrogens with one attached hydrogen (secondary N) is 1. The molecule has 1 amide bonds. The molecule has 0 aliphatic rings. The number of hydrogen-bond donors (Lipinski definition) is 1. The van der Waals surface area contributed by atoms with Crippen LogP contribution in [0.2, 0.25) is 0 Å². The normalized spacial score (nSPS) is 10.2. The zero-order valence-electron chi connectivity index (χ0n) is 14.6. The van der Waals surface area contributed by atoms with Crippen molar-refractivity contribution in [1.82, 2.24) is 5.32 Å². The Morgan fingerprint density at radius 2 is 1.58 bits per heavy atom. The fourth-order valence-corrected chi connectivity index (χ4v) is 2.51. The second kappa shape index (κ2) is 8.72. The quantitative estimate of drug-likeness (QED) is 0.697. The Labute approximate surface area is 153 Å². The first-order valence-electron chi connectivity index (χ1n) is 8.42. The smallest absolute Gasteiger partial charge is 0.251 e. The molecule has 0 saturated heterocycles. The van der Waals surface area contributed by atoms with Crippen LogP contribution in [0.15, 0.2) is 78.9 Å². The molecule has 0 heterocycles. The highest BCUT2D eigenvalue weighted by atomic mass is 16.5. The van der Waals surface area contributed by atoms with E-state index in [1.165, 1.54) is 0 Å². The maximum absolute atomic E-state index is 12.3. The number of amides is 1. The lowest BCUT2D eigenvalue weighted by Crippen LogP contribution is -2.22. The van der Waals surface area contributed by atoms with Crippen LogP contribution in [0.4, 0.5) is 0 Å². The summed E-state index contributed by atoms with van der Waals surface area (Å²) < 4.78 is 10.9. The third-order valence-corrected chi connectivity index (χ3v) is 3.95. The molecule has 3 rings (SSSR count). The van der Waals surface area contributed by atoms with E-state index in [0.717, 1.165) is 22.6 Å². The van der Waals surface area contributed by atoms with Crippen molar-refractivity contribution in [2.45, 2.75) is 13.2 Å². The minimum atomic E-state index is -0.123. The zero-order chi connectivity index (χ0) is 18.2. The van der Waals surface area contributed by atoms with Gasteiger partial charge >= 0.3 is 0 Å². The number of rotatable bonds is 7. The fraction of sp³-hybridized carbons (Fsp3) is 0.136. The lowest BCUT2D eigenvalue weighted by Gasteiger charge is -2.09. The minimum Gasteiger partial charge on any atom is -0.497 e. The molecule has 0 spiro atoms. The Balaban J connectivity index is 1.53. The van der Waals surface area contributed by atoms with E-state index in [-0.39, 0.29) is 5.91 Å². The first-order valence-corrected chi connectivity index (χ1v) is 8.42. The van der Waals surface area contributed by atoms with Gasteiger partial charge in [-0.2, -0.15) is 0 Å². The van der Waals surface area contributed by atoms with Gasteiger partial charge in [-0.3, -0.25) is 4.79 Å². The summed E-state index contributed by atoms with van der Waals surface area (Å²) in [6.07, 6.45) is 0. The largest absolute Gasteiger partial charge is 0.497 e. The van der Waals surface area contributed by atoms with Gasteiger partial charge in [0.05, 0.1) is 7.11 Å². The van der Waals surface area contributed by atoms with Gasteiger partial charge in [-0.05, 0) is 47.5 Å². The van der Waals surface area contributed by atoms with Crippen molar-refractivity contribution in [3.8, 4) is 11.5 Å². The maximum atomic E-state index is 12.3. The van der Waals surface area contributed by atoms with E-state index in [9.17, 15) is 4.79 Å². The van der Waals surface area contributed by atoms with Gasteiger partial charge in [0.25, 0.3) is 5.91 Å². The van der Waals surface area contributed by atoms with Crippen molar-refractivity contribution < 1.29 is 14.3 Å². The molecule has 0 aromatic heterocycles. The van der Waals surface area contributed by atoms with Crippen LogP contribution in [0.5, 0.6) is 11.5 Å². The third-order valence-electron chi connectivity index (χ3n) is 3.95. The molecule has 3 aromatic rings. The highest BCUT2D eigenvalue weighted by Gasteiger charge is 2.06. The van der Waals surface area contributed by atoms with Crippen molar-refractivity contribution in [1.29, 1.82) is 0 Å². The Hall–Kier alpha value is -3.27. The molecule has 0 saturated carbocycles. The molecule has 0 unspecified atom stereocenters. The standard InChI is InChI=1S/C22H21NO3/c1-25-21-9-5-8-18(14-21)15-23-22(24)19-10-12-20(13-11-19)26-16-17-6-3-2-4-7-17/h2-14H,15-16H2,1H3,(H,23,24). The Bertz CT molecular complexity index is 845. The highest BCUT2D eigenvalue weighted by Crippen LogP contribution is 2.15. The van der Waals surface area contributed by atoms with Crippen molar-refractivity contribution in [3.63, 3.8) is 0 Å². The summed E-state index contributed by atoms with van der Waals surface area (Å²) in [7, 11) is 1.62. The number of carbonyl (C=O) groups excluding carboxylic acids is 1. The van der Waals surface area contributed by atoms with Gasteiger partial charge in [-0.1, -0.05) is 42.5 Å². The molecule has 0 aliphatic carbocycles. The highest BCUT2D eigenvalue weighted by molar-refractivity contribution is 5.94. The van der Waals surface area contributed by atoms with Crippen LogP contribution >= 0.6 is 0 Å². The Morgan fingerprint density at radius 3 is 2.31 bits per heavy atom. The molecule has 4 heteroatoms. The summed E-state index contributed by atoms with van der Waals surface area (Å²) in [4.78, 5) is 12.3. The average Bonchev–Trinajstić information content (AvgIpc) is 2.72. The van der Waals surface area contributed by atoms with Crippen molar-refractivity contribution >= 4 is 5.91 Å². The van der Waals surface area contributed by atoms with Crippen LogP contribution in [0, 0.1) is 0 Å². The summed E-state index contributed by atoms with van der Waals surface area (Å²) in [5.41, 5.74) is 2.69. The van der Waals surface area contributed by atoms with E-state index in [0.29, 0.717) is 18.7 Å². The number of methoxy groups -OCH3 is 1. The molecule has 0 aliphatic heterocycles. The summed E-state index contributed by atoms with van der Waals surface area (Å²) in [5, 5.41) is 2.91. The molecule has 0 fully saturated rings. The average molecular weight is 347 g/mol. The van der Waals surface area contributed by atoms with Crippen LogP contribution in [0.25, 0.3) is 0 Å². The number of benzene rings is 3. The van der Waals surface area contributed by atoms with E-state index >= 15 is 0 Å². The van der Waals surface area contributed by atoms with Gasteiger partial charge in [0, 0.05) is 12.1 Å². The predicted octanol–water partition coefficient (Wildman–Crippen LogP) is 4.20. The summed E-state index contributed by atoms with van der Waals surface area (Å²) in [5.74, 6) is 1.39. The maximum Gasteiger partial charge on any atom is 0.251 e. The van der Waals surface area contributed by atoms with Gasteiger partial charge in [0.15, 0.2) is 0 Å². The van der Waals surface area contributed by atoms with Crippen LogP contribution in [-0.4, -0.2) is 13.0 Å². The molecule has 4 nitrogen and oxygen atoms in total. The molecule has 0 atom stereocenters. The molecular formula is C22H21NO3. The van der Waals surface area contributed by atoms with Gasteiger partial charge in [0.1, 0.15) is 18.1 Å².